The molecule has 1 aromatic heterocycles. The van der Waals surface area contributed by atoms with Crippen LogP contribution in [0.1, 0.15) is 27.6 Å². The Balaban J connectivity index is 1.64. The maximum atomic E-state index is 12.2. The Morgan fingerprint density at radius 2 is 1.73 bits per heavy atom. The van der Waals surface area contributed by atoms with Crippen LogP contribution in [0.5, 0.6) is 5.75 Å². The molecule has 0 aliphatic heterocycles. The molecule has 6 heteroatoms. The van der Waals surface area contributed by atoms with Crippen molar-refractivity contribution in [3.63, 3.8) is 0 Å². The highest BCUT2D eigenvalue weighted by Gasteiger charge is 2.13. The van der Waals surface area contributed by atoms with Crippen LogP contribution in [0, 0.1) is 0 Å². The molecule has 3 aromatic rings. The van der Waals surface area contributed by atoms with Gasteiger partial charge in [0.25, 0.3) is 0 Å². The molecule has 0 N–H and O–H groups in total. The highest BCUT2D eigenvalue weighted by Crippen LogP contribution is 2.18. The number of Topliss-reactive ketones (excluding diaryl/α,β-unsaturated/α-hetero) is 1. The molecule has 5 nitrogen and oxygen atoms in total. The number of esters is 1. The number of ether oxygens (including phenoxy) is 2. The first kappa shape index (κ1) is 17.9. The molecular formula is C20H16ClNO4. The molecule has 2 aromatic carbocycles. The molecule has 0 saturated carbocycles. The van der Waals surface area contributed by atoms with Crippen LogP contribution < -0.4 is 4.74 Å². The van der Waals surface area contributed by atoms with Gasteiger partial charge < -0.3 is 9.47 Å². The van der Waals surface area contributed by atoms with E-state index in [4.69, 9.17) is 21.1 Å². The van der Waals surface area contributed by atoms with Crippen molar-refractivity contribution in [2.24, 2.45) is 0 Å². The van der Waals surface area contributed by atoms with Crippen molar-refractivity contribution in [3.05, 3.63) is 70.9 Å². The van der Waals surface area contributed by atoms with Crippen molar-refractivity contribution in [3.8, 4) is 5.75 Å². The maximum Gasteiger partial charge on any atom is 0.338 e. The maximum absolute atomic E-state index is 12.2. The molecule has 0 bridgehead atoms. The Bertz CT molecular complexity index is 954. The van der Waals surface area contributed by atoms with Crippen LogP contribution in [0.15, 0.2) is 54.6 Å². The van der Waals surface area contributed by atoms with Gasteiger partial charge in [0.15, 0.2) is 12.4 Å². The minimum Gasteiger partial charge on any atom is -0.494 e. The van der Waals surface area contributed by atoms with E-state index in [1.807, 2.05) is 6.92 Å². The Kier molecular flexibility index (Phi) is 5.49. The van der Waals surface area contributed by atoms with Crippen molar-refractivity contribution in [2.45, 2.75) is 6.92 Å². The number of pyridine rings is 1. The van der Waals surface area contributed by atoms with E-state index in [0.29, 0.717) is 34.2 Å². The minimum atomic E-state index is -0.568. The first-order chi connectivity index (χ1) is 12.6. The molecule has 26 heavy (non-hydrogen) atoms. The average molecular weight is 370 g/mol. The largest absolute Gasteiger partial charge is 0.494 e. The number of halogens is 1. The third-order valence-corrected chi connectivity index (χ3v) is 3.92. The molecule has 3 rings (SSSR count). The molecule has 1 heterocycles. The van der Waals surface area contributed by atoms with E-state index in [-0.39, 0.29) is 12.4 Å². The predicted octanol–water partition coefficient (Wildman–Crippen LogP) is 4.33. The first-order valence-electron chi connectivity index (χ1n) is 8.06. The van der Waals surface area contributed by atoms with E-state index in [0.717, 1.165) is 5.39 Å². The first-order valence-corrected chi connectivity index (χ1v) is 8.44. The lowest BCUT2D eigenvalue weighted by Crippen LogP contribution is -2.14. The van der Waals surface area contributed by atoms with Gasteiger partial charge in [-0.25, -0.2) is 9.78 Å². The summed E-state index contributed by atoms with van der Waals surface area (Å²) in [6.45, 7) is 2.11. The standard InChI is InChI=1S/C20H16ClNO4/c1-2-25-16-7-3-13(4-8-16)18(23)12-26-20(24)15-5-9-17-14(11-15)6-10-19(21)22-17/h3-11H,2,12H2,1H3. The van der Waals surface area contributed by atoms with Crippen molar-refractivity contribution in [2.75, 3.05) is 13.2 Å². The van der Waals surface area contributed by atoms with E-state index in [2.05, 4.69) is 4.98 Å². The van der Waals surface area contributed by atoms with Gasteiger partial charge >= 0.3 is 5.97 Å². The van der Waals surface area contributed by atoms with Gasteiger partial charge in [-0.05, 0) is 61.5 Å². The van der Waals surface area contributed by atoms with Gasteiger partial charge in [-0.1, -0.05) is 11.6 Å². The van der Waals surface area contributed by atoms with Crippen molar-refractivity contribution >= 4 is 34.3 Å². The SMILES string of the molecule is CCOc1ccc(C(=O)COC(=O)c2ccc3nc(Cl)ccc3c2)cc1. The zero-order valence-electron chi connectivity index (χ0n) is 14.1. The number of nitrogens with zero attached hydrogens (tertiary/aromatic N) is 1. The number of rotatable bonds is 6. The van der Waals surface area contributed by atoms with Gasteiger partial charge in [0.1, 0.15) is 10.9 Å². The van der Waals surface area contributed by atoms with Crippen LogP contribution in [0.4, 0.5) is 0 Å². The fourth-order valence-corrected chi connectivity index (χ4v) is 2.58. The van der Waals surface area contributed by atoms with Gasteiger partial charge in [-0.2, -0.15) is 0 Å². The van der Waals surface area contributed by atoms with E-state index < -0.39 is 5.97 Å². The Labute approximate surface area is 155 Å². The van der Waals surface area contributed by atoms with Crippen LogP contribution in [-0.2, 0) is 4.74 Å². The fraction of sp³-hybridized carbons (Fsp3) is 0.150. The monoisotopic (exact) mass is 369 g/mol. The van der Waals surface area contributed by atoms with Gasteiger partial charge in [-0.3, -0.25) is 4.79 Å². The molecule has 132 valence electrons. The van der Waals surface area contributed by atoms with Crippen LogP contribution in [0.25, 0.3) is 10.9 Å². The lowest BCUT2D eigenvalue weighted by Gasteiger charge is -2.07. The van der Waals surface area contributed by atoms with Crippen molar-refractivity contribution in [1.29, 1.82) is 0 Å². The van der Waals surface area contributed by atoms with Gasteiger partial charge in [0.2, 0.25) is 0 Å². The Morgan fingerprint density at radius 1 is 1.00 bits per heavy atom. The summed E-state index contributed by atoms with van der Waals surface area (Å²) in [6.07, 6.45) is 0. The molecular weight excluding hydrogens is 354 g/mol. The van der Waals surface area contributed by atoms with Crippen molar-refractivity contribution in [1.82, 2.24) is 4.98 Å². The minimum absolute atomic E-state index is 0.282. The number of hydrogen-bond acceptors (Lipinski definition) is 5. The van der Waals surface area contributed by atoms with Gasteiger partial charge in [-0.15, -0.1) is 0 Å². The molecule has 0 atom stereocenters. The molecule has 0 fully saturated rings. The third-order valence-electron chi connectivity index (χ3n) is 3.71. The van der Waals surface area contributed by atoms with Crippen LogP contribution in [0.3, 0.4) is 0 Å². The van der Waals surface area contributed by atoms with Gasteiger partial charge in [0, 0.05) is 10.9 Å². The summed E-state index contributed by atoms with van der Waals surface area (Å²) in [6, 6.07) is 15.1. The third kappa shape index (κ3) is 4.18. The van der Waals surface area contributed by atoms with E-state index in [9.17, 15) is 9.59 Å². The summed E-state index contributed by atoms with van der Waals surface area (Å²) in [4.78, 5) is 28.5. The molecule has 0 radical (unpaired) electrons. The van der Waals surface area contributed by atoms with E-state index in [1.54, 1.807) is 54.6 Å². The predicted molar refractivity (Wildman–Crippen MR) is 99.0 cm³/mol. The zero-order chi connectivity index (χ0) is 18.5. The topological polar surface area (TPSA) is 65.5 Å². The molecule has 0 amide bonds. The fourth-order valence-electron chi connectivity index (χ4n) is 2.43. The number of hydrogen-bond donors (Lipinski definition) is 0. The van der Waals surface area contributed by atoms with Gasteiger partial charge in [0.05, 0.1) is 17.7 Å². The van der Waals surface area contributed by atoms with Crippen LogP contribution in [0.2, 0.25) is 5.15 Å². The quantitative estimate of drug-likeness (QED) is 0.367. The number of carbonyl (C=O) groups is 2. The van der Waals surface area contributed by atoms with Crippen molar-refractivity contribution < 1.29 is 19.1 Å². The highest BCUT2D eigenvalue weighted by molar-refractivity contribution is 6.29. The molecule has 0 aliphatic carbocycles. The molecule has 0 spiro atoms. The lowest BCUT2D eigenvalue weighted by atomic mass is 10.1. The normalized spacial score (nSPS) is 10.5. The summed E-state index contributed by atoms with van der Waals surface area (Å²) >= 11 is 5.84. The zero-order valence-corrected chi connectivity index (χ0v) is 14.8. The summed E-state index contributed by atoms with van der Waals surface area (Å²) in [7, 11) is 0. The smallest absolute Gasteiger partial charge is 0.338 e. The number of carbonyl (C=O) groups excluding carboxylic acids is 2. The highest BCUT2D eigenvalue weighted by atomic mass is 35.5. The Morgan fingerprint density at radius 3 is 2.46 bits per heavy atom. The molecule has 0 saturated heterocycles. The van der Waals surface area contributed by atoms with E-state index in [1.165, 1.54) is 0 Å². The second kappa shape index (κ2) is 7.97. The second-order valence-electron chi connectivity index (χ2n) is 5.50. The van der Waals surface area contributed by atoms with Crippen LogP contribution >= 0.6 is 11.6 Å². The summed E-state index contributed by atoms with van der Waals surface area (Å²) < 4.78 is 10.5. The number of aromatic nitrogens is 1. The molecule has 0 aliphatic rings. The Hall–Kier alpha value is -2.92. The summed E-state index contributed by atoms with van der Waals surface area (Å²) in [5, 5.41) is 1.15. The average Bonchev–Trinajstić information content (AvgIpc) is 2.66. The summed E-state index contributed by atoms with van der Waals surface area (Å²) in [5.74, 6) is -0.164. The second-order valence-corrected chi connectivity index (χ2v) is 5.89. The number of benzene rings is 2. The number of ketones is 1. The number of fused-ring (bicyclic) bond motifs is 1. The molecule has 0 unspecified atom stereocenters. The lowest BCUT2D eigenvalue weighted by molar-refractivity contribution is 0.0475. The van der Waals surface area contributed by atoms with E-state index >= 15 is 0 Å². The van der Waals surface area contributed by atoms with Crippen LogP contribution in [-0.4, -0.2) is 30.0 Å². The summed E-state index contributed by atoms with van der Waals surface area (Å²) in [5.41, 5.74) is 1.49.